The molecule has 20 heavy (non-hydrogen) atoms. The van der Waals surface area contributed by atoms with Crippen LogP contribution >= 0.6 is 0 Å². The van der Waals surface area contributed by atoms with Crippen LogP contribution in [-0.2, 0) is 10.2 Å². The van der Waals surface area contributed by atoms with Gasteiger partial charge in [-0.1, -0.05) is 37.8 Å². The Bertz CT molecular complexity index is 468. The fourth-order valence-corrected chi connectivity index (χ4v) is 3.30. The Morgan fingerprint density at radius 1 is 1.05 bits per heavy atom. The summed E-state index contributed by atoms with van der Waals surface area (Å²) in [6.07, 6.45) is 9.41. The molecule has 3 heteroatoms. The summed E-state index contributed by atoms with van der Waals surface area (Å²) >= 11 is 0. The molecule has 0 radical (unpaired) electrons. The zero-order valence-electron chi connectivity index (χ0n) is 11.9. The smallest absolute Gasteiger partial charge is 0.314 e. The van der Waals surface area contributed by atoms with Crippen LogP contribution in [0.4, 0.5) is 5.69 Å². The number of hydrogen-bond acceptors (Lipinski definition) is 2. The molecule has 0 saturated heterocycles. The molecule has 3 nitrogen and oxygen atoms in total. The number of nitrogens with one attached hydrogen (secondary N) is 1. The zero-order valence-corrected chi connectivity index (χ0v) is 11.9. The van der Waals surface area contributed by atoms with Gasteiger partial charge in [0.25, 0.3) is 0 Å². The predicted octanol–water partition coefficient (Wildman–Crippen LogP) is 3.94. The maximum atomic E-state index is 11.3. The van der Waals surface area contributed by atoms with E-state index in [1.165, 1.54) is 38.5 Å². The molecular formula is C17H23NO2. The number of aliphatic carboxylic acids is 1. The first-order valence-corrected chi connectivity index (χ1v) is 7.81. The average Bonchev–Trinajstić information content (AvgIpc) is 3.25. The third-order valence-electron chi connectivity index (χ3n) is 4.82. The topological polar surface area (TPSA) is 49.3 Å². The largest absolute Gasteiger partial charge is 0.481 e. The molecule has 0 amide bonds. The van der Waals surface area contributed by atoms with Crippen molar-refractivity contribution < 1.29 is 9.90 Å². The molecule has 1 aromatic rings. The molecular weight excluding hydrogens is 250 g/mol. The molecule has 0 atom stereocenters. The van der Waals surface area contributed by atoms with E-state index in [0.717, 1.165) is 24.1 Å². The first-order chi connectivity index (χ1) is 9.71. The van der Waals surface area contributed by atoms with Crippen molar-refractivity contribution in [3.8, 4) is 0 Å². The highest BCUT2D eigenvalue weighted by molar-refractivity contribution is 5.85. The Hall–Kier alpha value is -1.51. The predicted molar refractivity (Wildman–Crippen MR) is 80.1 cm³/mol. The van der Waals surface area contributed by atoms with Gasteiger partial charge in [-0.25, -0.2) is 0 Å². The minimum absolute atomic E-state index is 0.581. The molecule has 2 aliphatic rings. The molecule has 3 rings (SSSR count). The lowest BCUT2D eigenvalue weighted by Gasteiger charge is -2.18. The lowest BCUT2D eigenvalue weighted by molar-refractivity contribution is -0.140. The average molecular weight is 273 g/mol. The molecule has 2 aliphatic carbocycles. The quantitative estimate of drug-likeness (QED) is 0.817. The van der Waals surface area contributed by atoms with Gasteiger partial charge in [-0.3, -0.25) is 4.79 Å². The van der Waals surface area contributed by atoms with Gasteiger partial charge in [0.2, 0.25) is 0 Å². The van der Waals surface area contributed by atoms with Gasteiger partial charge in [0.15, 0.2) is 0 Å². The molecule has 0 unspecified atom stereocenters. The van der Waals surface area contributed by atoms with Gasteiger partial charge in [-0.2, -0.15) is 0 Å². The maximum Gasteiger partial charge on any atom is 0.314 e. The van der Waals surface area contributed by atoms with Gasteiger partial charge in [0.05, 0.1) is 5.41 Å². The fraction of sp³-hybridized carbons (Fsp3) is 0.588. The normalized spacial score (nSPS) is 22.0. The van der Waals surface area contributed by atoms with Crippen molar-refractivity contribution in [3.63, 3.8) is 0 Å². The van der Waals surface area contributed by atoms with Crippen molar-refractivity contribution in [1.29, 1.82) is 0 Å². The Labute approximate surface area is 120 Å². The Morgan fingerprint density at radius 3 is 2.15 bits per heavy atom. The second kappa shape index (κ2) is 5.47. The Balaban J connectivity index is 1.65. The van der Waals surface area contributed by atoms with Gasteiger partial charge < -0.3 is 10.4 Å². The van der Waals surface area contributed by atoms with E-state index in [2.05, 4.69) is 5.32 Å². The van der Waals surface area contributed by atoms with E-state index in [0.29, 0.717) is 6.04 Å². The van der Waals surface area contributed by atoms with Crippen LogP contribution in [0.5, 0.6) is 0 Å². The second-order valence-corrected chi connectivity index (χ2v) is 6.30. The number of anilines is 1. The number of rotatable bonds is 4. The van der Waals surface area contributed by atoms with Crippen molar-refractivity contribution >= 4 is 11.7 Å². The highest BCUT2D eigenvalue weighted by Crippen LogP contribution is 2.48. The third-order valence-corrected chi connectivity index (χ3v) is 4.82. The summed E-state index contributed by atoms with van der Waals surface area (Å²) in [4.78, 5) is 11.3. The summed E-state index contributed by atoms with van der Waals surface area (Å²) in [5.74, 6) is -0.679. The summed E-state index contributed by atoms with van der Waals surface area (Å²) in [6, 6.07) is 8.64. The SMILES string of the molecule is O=C(O)C1(c2ccc(NC3CCCCCC3)cc2)CC1. The summed E-state index contributed by atoms with van der Waals surface area (Å²) < 4.78 is 0. The summed E-state index contributed by atoms with van der Waals surface area (Å²) in [5.41, 5.74) is 1.50. The standard InChI is InChI=1S/C17H23NO2/c19-16(20)17(11-12-17)13-7-9-15(10-8-13)18-14-5-3-1-2-4-6-14/h7-10,14,18H,1-6,11-12H2,(H,19,20). The fourth-order valence-electron chi connectivity index (χ4n) is 3.30. The maximum absolute atomic E-state index is 11.3. The summed E-state index contributed by atoms with van der Waals surface area (Å²) in [6.45, 7) is 0. The van der Waals surface area contributed by atoms with E-state index in [1.807, 2.05) is 24.3 Å². The van der Waals surface area contributed by atoms with Crippen molar-refractivity contribution in [2.75, 3.05) is 5.32 Å². The molecule has 2 saturated carbocycles. The van der Waals surface area contributed by atoms with Crippen LogP contribution in [0.25, 0.3) is 0 Å². The molecule has 0 heterocycles. The van der Waals surface area contributed by atoms with Crippen LogP contribution in [-0.4, -0.2) is 17.1 Å². The minimum atomic E-state index is -0.679. The number of benzene rings is 1. The number of carboxylic acids is 1. The minimum Gasteiger partial charge on any atom is -0.481 e. The van der Waals surface area contributed by atoms with Crippen LogP contribution in [0.15, 0.2) is 24.3 Å². The van der Waals surface area contributed by atoms with Crippen LogP contribution in [0.1, 0.15) is 56.9 Å². The first kappa shape index (κ1) is 13.5. The Kier molecular flexibility index (Phi) is 3.68. The third kappa shape index (κ3) is 2.67. The van der Waals surface area contributed by atoms with Crippen LogP contribution in [0.2, 0.25) is 0 Å². The van der Waals surface area contributed by atoms with Crippen molar-refractivity contribution in [3.05, 3.63) is 29.8 Å². The lowest BCUT2D eigenvalue weighted by Crippen LogP contribution is -2.20. The second-order valence-electron chi connectivity index (χ2n) is 6.30. The van der Waals surface area contributed by atoms with Crippen molar-refractivity contribution in [2.45, 2.75) is 62.8 Å². The Morgan fingerprint density at radius 2 is 1.65 bits per heavy atom. The number of carbonyl (C=O) groups is 1. The molecule has 2 N–H and O–H groups in total. The van der Waals surface area contributed by atoms with E-state index < -0.39 is 11.4 Å². The lowest BCUT2D eigenvalue weighted by atomic mass is 9.96. The molecule has 2 fully saturated rings. The highest BCUT2D eigenvalue weighted by atomic mass is 16.4. The van der Waals surface area contributed by atoms with Gasteiger partial charge >= 0.3 is 5.97 Å². The molecule has 0 aliphatic heterocycles. The van der Waals surface area contributed by atoms with E-state index in [4.69, 9.17) is 0 Å². The monoisotopic (exact) mass is 273 g/mol. The van der Waals surface area contributed by atoms with Gasteiger partial charge in [-0.05, 0) is 43.4 Å². The zero-order chi connectivity index (χ0) is 14.0. The van der Waals surface area contributed by atoms with E-state index in [-0.39, 0.29) is 0 Å². The summed E-state index contributed by atoms with van der Waals surface area (Å²) in [7, 11) is 0. The van der Waals surface area contributed by atoms with Gasteiger partial charge in [-0.15, -0.1) is 0 Å². The van der Waals surface area contributed by atoms with Crippen LogP contribution in [0, 0.1) is 0 Å². The molecule has 0 aromatic heterocycles. The molecule has 0 bridgehead atoms. The van der Waals surface area contributed by atoms with Crippen molar-refractivity contribution in [1.82, 2.24) is 0 Å². The first-order valence-electron chi connectivity index (χ1n) is 7.81. The van der Waals surface area contributed by atoms with Gasteiger partial charge in [0.1, 0.15) is 0 Å². The van der Waals surface area contributed by atoms with Gasteiger partial charge in [0, 0.05) is 11.7 Å². The van der Waals surface area contributed by atoms with E-state index in [9.17, 15) is 9.90 Å². The van der Waals surface area contributed by atoms with Crippen molar-refractivity contribution in [2.24, 2.45) is 0 Å². The highest BCUT2D eigenvalue weighted by Gasteiger charge is 2.51. The molecule has 1 aromatic carbocycles. The van der Waals surface area contributed by atoms with Crippen LogP contribution in [0.3, 0.4) is 0 Å². The van der Waals surface area contributed by atoms with E-state index in [1.54, 1.807) is 0 Å². The molecule has 108 valence electrons. The summed E-state index contributed by atoms with van der Waals surface area (Å²) in [5, 5.41) is 12.9. The number of carboxylic acid groups (broad SMARTS) is 1. The van der Waals surface area contributed by atoms with E-state index >= 15 is 0 Å². The number of hydrogen-bond donors (Lipinski definition) is 2. The molecule has 0 spiro atoms. The van der Waals surface area contributed by atoms with Crippen LogP contribution < -0.4 is 5.32 Å².